The minimum Gasteiger partial charge on any atom is -0.376 e. The number of hydrogen-bond acceptors (Lipinski definition) is 3. The van der Waals surface area contributed by atoms with Gasteiger partial charge in [0, 0.05) is 41.0 Å². The summed E-state index contributed by atoms with van der Waals surface area (Å²) in [6, 6.07) is 4.49. The molecule has 0 radical (unpaired) electrons. The van der Waals surface area contributed by atoms with Crippen LogP contribution in [0.2, 0.25) is 0 Å². The summed E-state index contributed by atoms with van der Waals surface area (Å²) < 4.78 is 50.5. The van der Waals surface area contributed by atoms with E-state index in [0.717, 1.165) is 19.1 Å². The monoisotopic (exact) mass is 335 g/mol. The molecule has 0 saturated carbocycles. The van der Waals surface area contributed by atoms with Gasteiger partial charge in [-0.25, -0.2) is 0 Å². The summed E-state index contributed by atoms with van der Waals surface area (Å²) in [7, 11) is -1.02. The van der Waals surface area contributed by atoms with Crippen molar-refractivity contribution >= 4 is 16.7 Å². The number of halogens is 3. The molecule has 1 saturated heterocycles. The quantitative estimate of drug-likeness (QED) is 0.891. The molecule has 0 bridgehead atoms. The fraction of sp³-hybridized carbons (Fsp3) is 0.500. The van der Waals surface area contributed by atoms with E-state index in [1.807, 2.05) is 0 Å². The highest BCUT2D eigenvalue weighted by Gasteiger charge is 2.44. The van der Waals surface area contributed by atoms with Crippen LogP contribution in [0.15, 0.2) is 24.3 Å². The molecule has 1 aliphatic heterocycles. The second-order valence-corrected chi connectivity index (χ2v) is 6.95. The van der Waals surface area contributed by atoms with E-state index in [-0.39, 0.29) is 24.6 Å². The van der Waals surface area contributed by atoms with Crippen molar-refractivity contribution in [1.82, 2.24) is 4.90 Å². The van der Waals surface area contributed by atoms with Crippen LogP contribution in [-0.2, 0) is 27.4 Å². The number of carbonyl (C=O) groups is 1. The summed E-state index contributed by atoms with van der Waals surface area (Å²) >= 11 is 0. The number of amides is 1. The highest BCUT2D eigenvalue weighted by molar-refractivity contribution is 7.85. The smallest absolute Gasteiger partial charge is 0.376 e. The molecule has 1 aliphatic rings. The molecule has 1 fully saturated rings. The Labute approximate surface area is 128 Å². The van der Waals surface area contributed by atoms with E-state index < -0.39 is 39.6 Å². The maximum atomic E-state index is 13.1. The molecule has 1 amide bonds. The number of nitrogens with zero attached hydrogens (tertiary/aromatic N) is 1. The predicted octanol–water partition coefficient (Wildman–Crippen LogP) is 1.50. The number of hydrogen-bond donors (Lipinski definition) is 1. The largest absolute Gasteiger partial charge is 0.416 e. The van der Waals surface area contributed by atoms with E-state index in [4.69, 9.17) is 0 Å². The predicted molar refractivity (Wildman–Crippen MR) is 75.5 cm³/mol. The second kappa shape index (κ2) is 6.00. The van der Waals surface area contributed by atoms with Crippen molar-refractivity contribution in [2.45, 2.75) is 18.7 Å². The standard InChI is InChI=1S/C14H16F3NO3S/c1-13(20,12(19)18-6-8-22(21)9-7-18)10-4-2-3-5-11(10)14(15,16)17/h2-5,20H,6-9H2,1H3/t13-/m1/s1. The third-order valence-electron chi connectivity index (χ3n) is 3.64. The van der Waals surface area contributed by atoms with Gasteiger partial charge in [-0.3, -0.25) is 9.00 Å². The van der Waals surface area contributed by atoms with E-state index in [0.29, 0.717) is 0 Å². The SMILES string of the molecule is C[C@](O)(C(=O)N1CCS(=O)CC1)c1ccccc1C(F)(F)F. The Bertz CT molecular complexity index is 591. The first-order chi connectivity index (χ1) is 10.1. The Hall–Kier alpha value is -1.41. The first-order valence-corrected chi connectivity index (χ1v) is 8.16. The van der Waals surface area contributed by atoms with E-state index in [9.17, 15) is 27.3 Å². The average Bonchev–Trinajstić information content (AvgIpc) is 2.46. The molecule has 1 aromatic carbocycles. The maximum absolute atomic E-state index is 13.1. The lowest BCUT2D eigenvalue weighted by atomic mass is 9.89. The minimum absolute atomic E-state index is 0.162. The van der Waals surface area contributed by atoms with Crippen LogP contribution >= 0.6 is 0 Å². The fourth-order valence-electron chi connectivity index (χ4n) is 2.42. The molecular formula is C14H16F3NO3S. The topological polar surface area (TPSA) is 57.6 Å². The zero-order valence-electron chi connectivity index (χ0n) is 11.9. The van der Waals surface area contributed by atoms with Crippen molar-refractivity contribution in [2.24, 2.45) is 0 Å². The summed E-state index contributed by atoms with van der Waals surface area (Å²) in [6.07, 6.45) is -4.66. The maximum Gasteiger partial charge on any atom is 0.416 e. The lowest BCUT2D eigenvalue weighted by Crippen LogP contribution is -2.50. The Morgan fingerprint density at radius 3 is 2.18 bits per heavy atom. The zero-order chi connectivity index (χ0) is 16.5. The lowest BCUT2D eigenvalue weighted by Gasteiger charge is -2.34. The van der Waals surface area contributed by atoms with Gasteiger partial charge in [-0.15, -0.1) is 0 Å². The molecule has 0 spiro atoms. The highest BCUT2D eigenvalue weighted by atomic mass is 32.2. The van der Waals surface area contributed by atoms with E-state index in [2.05, 4.69) is 0 Å². The van der Waals surface area contributed by atoms with Crippen LogP contribution in [0.1, 0.15) is 18.1 Å². The molecule has 122 valence electrons. The third kappa shape index (κ3) is 3.33. The molecule has 4 nitrogen and oxygen atoms in total. The average molecular weight is 335 g/mol. The van der Waals surface area contributed by atoms with Gasteiger partial charge in [-0.1, -0.05) is 18.2 Å². The van der Waals surface area contributed by atoms with E-state index in [1.54, 1.807) is 0 Å². The molecule has 1 heterocycles. The number of benzene rings is 1. The number of alkyl halides is 3. The Morgan fingerprint density at radius 1 is 1.18 bits per heavy atom. The van der Waals surface area contributed by atoms with Crippen molar-refractivity contribution in [3.05, 3.63) is 35.4 Å². The van der Waals surface area contributed by atoms with Crippen LogP contribution in [0.25, 0.3) is 0 Å². The van der Waals surface area contributed by atoms with Crippen molar-refractivity contribution in [1.29, 1.82) is 0 Å². The van der Waals surface area contributed by atoms with Gasteiger partial charge in [0.25, 0.3) is 5.91 Å². The molecule has 1 N–H and O–H groups in total. The van der Waals surface area contributed by atoms with Crippen LogP contribution < -0.4 is 0 Å². The zero-order valence-corrected chi connectivity index (χ0v) is 12.7. The molecule has 0 aromatic heterocycles. The summed E-state index contributed by atoms with van der Waals surface area (Å²) in [4.78, 5) is 13.7. The molecule has 0 unspecified atom stereocenters. The minimum atomic E-state index is -4.66. The van der Waals surface area contributed by atoms with Crippen LogP contribution in [-0.4, -0.2) is 44.7 Å². The van der Waals surface area contributed by atoms with E-state index in [1.165, 1.54) is 17.0 Å². The molecule has 22 heavy (non-hydrogen) atoms. The molecule has 1 aromatic rings. The van der Waals surface area contributed by atoms with Crippen molar-refractivity contribution in [2.75, 3.05) is 24.6 Å². The fourth-order valence-corrected chi connectivity index (χ4v) is 3.47. The van der Waals surface area contributed by atoms with Gasteiger partial charge >= 0.3 is 6.18 Å². The summed E-state index contributed by atoms with van der Waals surface area (Å²) in [6.45, 7) is 1.39. The number of aliphatic hydroxyl groups is 1. The Morgan fingerprint density at radius 2 is 1.68 bits per heavy atom. The Balaban J connectivity index is 2.34. The van der Waals surface area contributed by atoms with Crippen LogP contribution in [0.5, 0.6) is 0 Å². The first-order valence-electron chi connectivity index (χ1n) is 6.67. The molecular weight excluding hydrogens is 319 g/mol. The Kier molecular flexibility index (Phi) is 4.62. The molecule has 0 aliphatic carbocycles. The van der Waals surface area contributed by atoms with Gasteiger partial charge < -0.3 is 10.0 Å². The van der Waals surface area contributed by atoms with E-state index >= 15 is 0 Å². The van der Waals surface area contributed by atoms with Crippen LogP contribution in [0, 0.1) is 0 Å². The van der Waals surface area contributed by atoms with Crippen molar-refractivity contribution < 1.29 is 27.3 Å². The van der Waals surface area contributed by atoms with Gasteiger partial charge in [0.05, 0.1) is 5.56 Å². The van der Waals surface area contributed by atoms with Gasteiger partial charge in [0.2, 0.25) is 0 Å². The summed E-state index contributed by atoms with van der Waals surface area (Å²) in [5, 5.41) is 10.4. The van der Waals surface area contributed by atoms with Crippen LogP contribution in [0.3, 0.4) is 0 Å². The lowest BCUT2D eigenvalue weighted by molar-refractivity contribution is -0.153. The van der Waals surface area contributed by atoms with Gasteiger partial charge in [-0.2, -0.15) is 13.2 Å². The molecule has 1 atom stereocenters. The normalized spacial score (nSPS) is 19.8. The first kappa shape index (κ1) is 17.0. The number of rotatable bonds is 2. The molecule has 2 rings (SSSR count). The second-order valence-electron chi connectivity index (χ2n) is 5.26. The third-order valence-corrected chi connectivity index (χ3v) is 4.91. The van der Waals surface area contributed by atoms with Crippen molar-refractivity contribution in [3.8, 4) is 0 Å². The highest BCUT2D eigenvalue weighted by Crippen LogP contribution is 2.37. The number of carbonyl (C=O) groups excluding carboxylic acids is 1. The van der Waals surface area contributed by atoms with Gasteiger partial charge in [-0.05, 0) is 13.0 Å². The van der Waals surface area contributed by atoms with Gasteiger partial charge in [0.15, 0.2) is 5.60 Å². The molecule has 8 heteroatoms. The summed E-state index contributed by atoms with van der Waals surface area (Å²) in [5.74, 6) is -0.272. The summed E-state index contributed by atoms with van der Waals surface area (Å²) in [5.41, 5.74) is -3.79. The van der Waals surface area contributed by atoms with Gasteiger partial charge in [0.1, 0.15) is 0 Å². The van der Waals surface area contributed by atoms with Crippen molar-refractivity contribution in [3.63, 3.8) is 0 Å². The van der Waals surface area contributed by atoms with Crippen LogP contribution in [0.4, 0.5) is 13.2 Å².